The molecule has 0 fully saturated rings. The molecule has 0 N–H and O–H groups in total. The Morgan fingerprint density at radius 3 is 1.87 bits per heavy atom. The highest BCUT2D eigenvalue weighted by Gasteiger charge is 2.18. The lowest BCUT2D eigenvalue weighted by molar-refractivity contribution is 1.41. The molecule has 0 saturated heterocycles. The van der Waals surface area contributed by atoms with Crippen LogP contribution in [0.15, 0.2) is 13.8 Å². The molecule has 0 heterocycles. The number of rotatable bonds is 3. The zero-order valence-electron chi connectivity index (χ0n) is 7.41. The molecule has 0 aromatic heterocycles. The summed E-state index contributed by atoms with van der Waals surface area (Å²) in [7, 11) is 3.22. The molecule has 0 aliphatic carbocycles. The molecule has 0 aliphatic rings. The van der Waals surface area contributed by atoms with Crippen LogP contribution in [-0.2, 0) is 0 Å². The molecule has 0 aliphatic heterocycles. The summed E-state index contributed by atoms with van der Waals surface area (Å²) in [4.78, 5) is 0.827. The van der Waals surface area contributed by atoms with Gasteiger partial charge in [-0.3, -0.25) is 0 Å². The molecule has 0 spiro atoms. The minimum Gasteiger partial charge on any atom is -0.0891 e. The number of halogens is 5. The van der Waals surface area contributed by atoms with E-state index in [1.807, 2.05) is 0 Å². The van der Waals surface area contributed by atoms with Crippen LogP contribution in [-0.4, -0.2) is 5.75 Å². The Hall–Kier alpha value is 1.75. The van der Waals surface area contributed by atoms with Gasteiger partial charge in [-0.05, 0) is 31.9 Å². The van der Waals surface area contributed by atoms with Crippen LogP contribution in [0, 0.1) is 0 Å². The molecule has 0 radical (unpaired) electrons. The molecule has 0 bridgehead atoms. The lowest BCUT2D eigenvalue weighted by Crippen LogP contribution is -1.83. The zero-order valence-corrected chi connectivity index (χ0v) is 14.5. The predicted octanol–water partition coefficient (Wildman–Crippen LogP) is 6.93. The van der Waals surface area contributed by atoms with Crippen LogP contribution in [0.1, 0.15) is 6.92 Å². The first-order chi connectivity index (χ1) is 7.00. The molecule has 0 atom stereocenters. The Morgan fingerprint density at radius 1 is 1.00 bits per heavy atom. The standard InChI is InChI=1S/C8H5Br2Cl3S2/c1-2-14-15-8-6(12)3(9)5(11)4(10)7(8)13/h2H2,1H3. The van der Waals surface area contributed by atoms with Gasteiger partial charge >= 0.3 is 0 Å². The van der Waals surface area contributed by atoms with Gasteiger partial charge in [0, 0.05) is 5.75 Å². The van der Waals surface area contributed by atoms with E-state index in [1.54, 1.807) is 21.6 Å². The molecule has 0 saturated carbocycles. The van der Waals surface area contributed by atoms with Crippen LogP contribution < -0.4 is 0 Å². The average molecular weight is 431 g/mol. The molecule has 84 valence electrons. The van der Waals surface area contributed by atoms with Crippen LogP contribution >= 0.6 is 88.3 Å². The second-order valence-corrected chi connectivity index (χ2v) is 7.70. The third kappa shape index (κ3) is 3.36. The number of benzene rings is 1. The van der Waals surface area contributed by atoms with E-state index in [1.165, 1.54) is 0 Å². The molecular weight excluding hydrogens is 426 g/mol. The van der Waals surface area contributed by atoms with Gasteiger partial charge in [0.25, 0.3) is 0 Å². The topological polar surface area (TPSA) is 0 Å². The molecular formula is C8H5Br2Cl3S2. The summed E-state index contributed by atoms with van der Waals surface area (Å²) in [6.45, 7) is 2.07. The summed E-state index contributed by atoms with van der Waals surface area (Å²) >= 11 is 25.0. The van der Waals surface area contributed by atoms with Gasteiger partial charge in [-0.15, -0.1) is 0 Å². The summed E-state index contributed by atoms with van der Waals surface area (Å²) in [5.74, 6) is 0.981. The van der Waals surface area contributed by atoms with E-state index in [0.717, 1.165) is 10.6 Å². The lowest BCUT2D eigenvalue weighted by Gasteiger charge is -2.11. The average Bonchev–Trinajstić information content (AvgIpc) is 2.24. The monoisotopic (exact) mass is 428 g/mol. The second-order valence-electron chi connectivity index (χ2n) is 2.39. The SMILES string of the molecule is CCSSc1c(Cl)c(Br)c(Cl)c(Br)c1Cl. The Bertz CT molecular complexity index is 356. The molecule has 7 heteroatoms. The summed E-state index contributed by atoms with van der Waals surface area (Å²) in [5.41, 5.74) is 0. The van der Waals surface area contributed by atoms with Gasteiger partial charge in [-0.2, -0.15) is 0 Å². The fourth-order valence-corrected chi connectivity index (χ4v) is 5.11. The maximum atomic E-state index is 6.14. The Morgan fingerprint density at radius 2 is 1.47 bits per heavy atom. The molecule has 0 unspecified atom stereocenters. The predicted molar refractivity (Wildman–Crippen MR) is 80.9 cm³/mol. The Balaban J connectivity index is 3.26. The van der Waals surface area contributed by atoms with Crippen molar-refractivity contribution in [3.05, 3.63) is 24.0 Å². The van der Waals surface area contributed by atoms with Crippen molar-refractivity contribution in [3.8, 4) is 0 Å². The van der Waals surface area contributed by atoms with Crippen molar-refractivity contribution in [1.29, 1.82) is 0 Å². The molecule has 0 nitrogen and oxygen atoms in total. The van der Waals surface area contributed by atoms with Gasteiger partial charge in [0.05, 0.1) is 28.9 Å². The summed E-state index contributed by atoms with van der Waals surface area (Å²) in [6.07, 6.45) is 0. The van der Waals surface area contributed by atoms with E-state index in [0.29, 0.717) is 24.0 Å². The maximum absolute atomic E-state index is 6.14. The molecule has 1 aromatic rings. The first-order valence-electron chi connectivity index (χ1n) is 3.81. The van der Waals surface area contributed by atoms with Crippen molar-refractivity contribution >= 4 is 88.3 Å². The van der Waals surface area contributed by atoms with Crippen LogP contribution in [0.2, 0.25) is 15.1 Å². The quantitative estimate of drug-likeness (QED) is 0.289. The lowest BCUT2D eigenvalue weighted by atomic mass is 10.3. The van der Waals surface area contributed by atoms with Gasteiger partial charge in [-0.25, -0.2) is 0 Å². The number of hydrogen-bond donors (Lipinski definition) is 0. The van der Waals surface area contributed by atoms with E-state index in [4.69, 9.17) is 34.8 Å². The molecule has 0 amide bonds. The van der Waals surface area contributed by atoms with E-state index in [-0.39, 0.29) is 0 Å². The van der Waals surface area contributed by atoms with Gasteiger partial charge in [0.1, 0.15) is 0 Å². The summed E-state index contributed by atoms with van der Waals surface area (Å²) in [6, 6.07) is 0. The van der Waals surface area contributed by atoms with Crippen LogP contribution in [0.4, 0.5) is 0 Å². The van der Waals surface area contributed by atoms with E-state index >= 15 is 0 Å². The van der Waals surface area contributed by atoms with Gasteiger partial charge in [-0.1, -0.05) is 63.3 Å². The van der Waals surface area contributed by atoms with Crippen LogP contribution in [0.3, 0.4) is 0 Å². The van der Waals surface area contributed by atoms with Gasteiger partial charge in [0.15, 0.2) is 0 Å². The highest BCUT2D eigenvalue weighted by atomic mass is 79.9. The smallest absolute Gasteiger partial charge is 0.0723 e. The van der Waals surface area contributed by atoms with Gasteiger partial charge in [0.2, 0.25) is 0 Å². The fraction of sp³-hybridized carbons (Fsp3) is 0.250. The molecule has 1 rings (SSSR count). The Labute approximate surface area is 128 Å². The third-order valence-corrected chi connectivity index (χ3v) is 7.78. The van der Waals surface area contributed by atoms with E-state index < -0.39 is 0 Å². The van der Waals surface area contributed by atoms with Crippen molar-refractivity contribution < 1.29 is 0 Å². The number of hydrogen-bond acceptors (Lipinski definition) is 2. The van der Waals surface area contributed by atoms with E-state index in [9.17, 15) is 0 Å². The van der Waals surface area contributed by atoms with Crippen molar-refractivity contribution in [3.63, 3.8) is 0 Å². The van der Waals surface area contributed by atoms with Crippen molar-refractivity contribution in [1.82, 2.24) is 0 Å². The normalized spacial score (nSPS) is 10.8. The zero-order chi connectivity index (χ0) is 11.6. The molecule has 15 heavy (non-hydrogen) atoms. The molecule has 1 aromatic carbocycles. The maximum Gasteiger partial charge on any atom is 0.0723 e. The van der Waals surface area contributed by atoms with Crippen molar-refractivity contribution in [2.24, 2.45) is 0 Å². The minimum atomic E-state index is 0.496. The van der Waals surface area contributed by atoms with Gasteiger partial charge < -0.3 is 0 Å². The van der Waals surface area contributed by atoms with Crippen LogP contribution in [0.5, 0.6) is 0 Å². The highest BCUT2D eigenvalue weighted by molar-refractivity contribution is 9.11. The minimum absolute atomic E-state index is 0.496. The van der Waals surface area contributed by atoms with Crippen molar-refractivity contribution in [2.45, 2.75) is 11.8 Å². The van der Waals surface area contributed by atoms with Crippen LogP contribution in [0.25, 0.3) is 0 Å². The third-order valence-electron chi connectivity index (χ3n) is 1.43. The Kier molecular flexibility index (Phi) is 6.54. The van der Waals surface area contributed by atoms with Crippen molar-refractivity contribution in [2.75, 3.05) is 5.75 Å². The van der Waals surface area contributed by atoms with E-state index in [2.05, 4.69) is 38.8 Å². The fourth-order valence-electron chi connectivity index (χ4n) is 0.776. The largest absolute Gasteiger partial charge is 0.0891 e. The highest BCUT2D eigenvalue weighted by Crippen LogP contribution is 2.50. The summed E-state index contributed by atoms with van der Waals surface area (Å²) in [5, 5.41) is 1.61. The second kappa shape index (κ2) is 6.62. The first kappa shape index (κ1) is 14.8. The first-order valence-corrected chi connectivity index (χ1v) is 8.85. The summed E-state index contributed by atoms with van der Waals surface area (Å²) < 4.78 is 1.34.